The number of piperidine rings is 1. The van der Waals surface area contributed by atoms with Crippen molar-refractivity contribution in [2.45, 2.75) is 32.7 Å². The first-order valence-electron chi connectivity index (χ1n) is 11.4. The van der Waals surface area contributed by atoms with Crippen molar-refractivity contribution in [1.82, 2.24) is 4.98 Å². The Balaban J connectivity index is 1.45. The summed E-state index contributed by atoms with van der Waals surface area (Å²) in [5, 5.41) is 3.76. The Morgan fingerprint density at radius 3 is 2.68 bits per heavy atom. The van der Waals surface area contributed by atoms with Gasteiger partial charge in [0.2, 0.25) is 0 Å². The molecule has 34 heavy (non-hydrogen) atoms. The summed E-state index contributed by atoms with van der Waals surface area (Å²) in [5.41, 5.74) is 5.43. The Labute approximate surface area is 217 Å². The van der Waals surface area contributed by atoms with Crippen LogP contribution in [0.4, 0.5) is 11.4 Å². The number of thiophene rings is 1. The zero-order valence-corrected chi connectivity index (χ0v) is 22.3. The van der Waals surface area contributed by atoms with Gasteiger partial charge in [0.1, 0.15) is 4.88 Å². The number of hydrogen-bond acceptors (Lipinski definition) is 4. The number of carbonyl (C=O) groups is 1. The highest BCUT2D eigenvalue weighted by molar-refractivity contribution is 9.10. The van der Waals surface area contributed by atoms with Crippen LogP contribution >= 0.6 is 38.9 Å². The topological polar surface area (TPSA) is 36.4 Å². The lowest BCUT2D eigenvalue weighted by atomic mass is 9.98. The SMILES string of the molecule is Cc1cccc(N(C(=O)c2sccc2Br)C2CCN(c3ccnc4cc(Cl)ccc34)CC2)c1C. The minimum atomic E-state index is 0.0676. The standard InChI is InChI=1S/C27H25BrClN3OS/c1-17-4-3-5-24(18(17)2)32(27(33)26-22(28)11-15-34-26)20-9-13-31(14-10-20)25-8-12-30-23-16-19(29)6-7-21(23)25/h3-8,11-12,15-16,20H,9-10,13-14H2,1-2H3. The lowest BCUT2D eigenvalue weighted by molar-refractivity contribution is 0.0976. The highest BCUT2D eigenvalue weighted by Gasteiger charge is 2.32. The fourth-order valence-electron chi connectivity index (χ4n) is 4.77. The van der Waals surface area contributed by atoms with Gasteiger partial charge in [-0.3, -0.25) is 9.78 Å². The number of anilines is 2. The summed E-state index contributed by atoms with van der Waals surface area (Å²) in [6.07, 6.45) is 3.62. The van der Waals surface area contributed by atoms with Gasteiger partial charge >= 0.3 is 0 Å². The number of aromatic nitrogens is 1. The zero-order chi connectivity index (χ0) is 23.8. The van der Waals surface area contributed by atoms with E-state index >= 15 is 0 Å². The Morgan fingerprint density at radius 2 is 1.94 bits per heavy atom. The van der Waals surface area contributed by atoms with Gasteiger partial charge in [0, 0.05) is 51.6 Å². The fraction of sp³-hybridized carbons (Fsp3) is 0.259. The van der Waals surface area contributed by atoms with Crippen molar-refractivity contribution in [2.24, 2.45) is 0 Å². The highest BCUT2D eigenvalue weighted by Crippen LogP contribution is 2.35. The molecule has 0 unspecified atom stereocenters. The number of pyridine rings is 1. The number of hydrogen-bond donors (Lipinski definition) is 0. The second-order valence-corrected chi connectivity index (χ2v) is 10.9. The molecule has 1 aliphatic rings. The maximum atomic E-state index is 13.8. The van der Waals surface area contributed by atoms with Gasteiger partial charge in [0.25, 0.3) is 5.91 Å². The highest BCUT2D eigenvalue weighted by atomic mass is 79.9. The summed E-state index contributed by atoms with van der Waals surface area (Å²) in [6.45, 7) is 5.95. The fourth-order valence-corrected chi connectivity index (χ4v) is 6.41. The summed E-state index contributed by atoms with van der Waals surface area (Å²) < 4.78 is 0.858. The van der Waals surface area contributed by atoms with Crippen molar-refractivity contribution in [3.63, 3.8) is 0 Å². The van der Waals surface area contributed by atoms with E-state index in [0.717, 1.165) is 57.4 Å². The van der Waals surface area contributed by atoms with Crippen LogP contribution in [-0.2, 0) is 0 Å². The Kier molecular flexibility index (Phi) is 6.65. The van der Waals surface area contributed by atoms with Crippen molar-refractivity contribution in [2.75, 3.05) is 22.9 Å². The Bertz CT molecular complexity index is 1360. The van der Waals surface area contributed by atoms with E-state index in [9.17, 15) is 4.79 Å². The molecular weight excluding hydrogens is 530 g/mol. The monoisotopic (exact) mass is 553 g/mol. The lowest BCUT2D eigenvalue weighted by Gasteiger charge is -2.40. The molecule has 4 aromatic rings. The average Bonchev–Trinajstić information content (AvgIpc) is 3.27. The molecule has 0 radical (unpaired) electrons. The minimum absolute atomic E-state index is 0.0676. The largest absolute Gasteiger partial charge is 0.371 e. The van der Waals surface area contributed by atoms with E-state index in [1.807, 2.05) is 46.8 Å². The molecular formula is C27H25BrClN3OS. The van der Waals surface area contributed by atoms with Crippen LogP contribution in [0.2, 0.25) is 5.02 Å². The van der Waals surface area contributed by atoms with E-state index in [-0.39, 0.29) is 11.9 Å². The van der Waals surface area contributed by atoms with Gasteiger partial charge in [0.05, 0.1) is 5.52 Å². The average molecular weight is 555 g/mol. The molecule has 1 aliphatic heterocycles. The third kappa shape index (κ3) is 4.35. The van der Waals surface area contributed by atoms with E-state index in [4.69, 9.17) is 11.6 Å². The van der Waals surface area contributed by atoms with Gasteiger partial charge in [-0.2, -0.15) is 0 Å². The first-order valence-corrected chi connectivity index (χ1v) is 13.4. The molecule has 1 amide bonds. The third-order valence-electron chi connectivity index (χ3n) is 6.72. The summed E-state index contributed by atoms with van der Waals surface area (Å²) in [4.78, 5) is 23.5. The summed E-state index contributed by atoms with van der Waals surface area (Å²) >= 11 is 11.2. The molecule has 0 N–H and O–H groups in total. The van der Waals surface area contributed by atoms with Crippen LogP contribution in [0, 0.1) is 13.8 Å². The second-order valence-electron chi connectivity index (χ2n) is 8.70. The van der Waals surface area contributed by atoms with Crippen molar-refractivity contribution < 1.29 is 4.79 Å². The zero-order valence-electron chi connectivity index (χ0n) is 19.1. The number of nitrogens with zero attached hydrogens (tertiary/aromatic N) is 3. The molecule has 0 spiro atoms. The normalized spacial score (nSPS) is 14.5. The molecule has 0 saturated carbocycles. The maximum Gasteiger partial charge on any atom is 0.269 e. The maximum absolute atomic E-state index is 13.8. The van der Waals surface area contributed by atoms with Gasteiger partial charge in [-0.15, -0.1) is 11.3 Å². The summed E-state index contributed by atoms with van der Waals surface area (Å²) in [6, 6.07) is 16.3. The van der Waals surface area contributed by atoms with Crippen LogP contribution in [0.15, 0.2) is 64.6 Å². The van der Waals surface area contributed by atoms with Crippen molar-refractivity contribution in [3.05, 3.63) is 85.6 Å². The molecule has 1 saturated heterocycles. The van der Waals surface area contributed by atoms with Crippen LogP contribution < -0.4 is 9.80 Å². The van der Waals surface area contributed by atoms with Crippen LogP contribution in [-0.4, -0.2) is 30.0 Å². The molecule has 3 heterocycles. The number of benzene rings is 2. The summed E-state index contributed by atoms with van der Waals surface area (Å²) in [5.74, 6) is 0.0676. The first-order chi connectivity index (χ1) is 16.4. The van der Waals surface area contributed by atoms with Crippen LogP contribution in [0.5, 0.6) is 0 Å². The van der Waals surface area contributed by atoms with Gasteiger partial charge in [0.15, 0.2) is 0 Å². The molecule has 0 atom stereocenters. The van der Waals surface area contributed by atoms with E-state index in [1.54, 1.807) is 0 Å². The van der Waals surface area contributed by atoms with E-state index in [1.165, 1.54) is 22.6 Å². The van der Waals surface area contributed by atoms with E-state index in [0.29, 0.717) is 5.02 Å². The molecule has 5 rings (SSSR count). The first kappa shape index (κ1) is 23.3. The number of aryl methyl sites for hydroxylation is 1. The number of rotatable bonds is 4. The predicted molar refractivity (Wildman–Crippen MR) is 147 cm³/mol. The lowest BCUT2D eigenvalue weighted by Crippen LogP contribution is -2.48. The number of halogens is 2. The molecule has 7 heteroatoms. The van der Waals surface area contributed by atoms with Gasteiger partial charge in [-0.25, -0.2) is 0 Å². The minimum Gasteiger partial charge on any atom is -0.371 e. The molecule has 2 aromatic heterocycles. The smallest absolute Gasteiger partial charge is 0.269 e. The van der Waals surface area contributed by atoms with Crippen LogP contribution in [0.3, 0.4) is 0 Å². The molecule has 2 aromatic carbocycles. The van der Waals surface area contributed by atoms with Gasteiger partial charge in [-0.1, -0.05) is 23.7 Å². The Hall–Kier alpha value is -2.41. The quantitative estimate of drug-likeness (QED) is 0.260. The van der Waals surface area contributed by atoms with Gasteiger partial charge in [-0.05, 0) is 95.5 Å². The predicted octanol–water partition coefficient (Wildman–Crippen LogP) is 7.64. The Morgan fingerprint density at radius 1 is 1.15 bits per heavy atom. The molecule has 174 valence electrons. The van der Waals surface area contributed by atoms with Crippen LogP contribution in [0.25, 0.3) is 10.9 Å². The van der Waals surface area contributed by atoms with Crippen molar-refractivity contribution in [1.29, 1.82) is 0 Å². The van der Waals surface area contributed by atoms with Crippen molar-refractivity contribution in [3.8, 4) is 0 Å². The van der Waals surface area contributed by atoms with E-state index in [2.05, 4.69) is 57.9 Å². The molecule has 1 fully saturated rings. The number of carbonyl (C=O) groups excluding carboxylic acids is 1. The van der Waals surface area contributed by atoms with Gasteiger partial charge < -0.3 is 9.80 Å². The van der Waals surface area contributed by atoms with Crippen LogP contribution in [0.1, 0.15) is 33.6 Å². The van der Waals surface area contributed by atoms with E-state index < -0.39 is 0 Å². The molecule has 4 nitrogen and oxygen atoms in total. The number of amides is 1. The molecule has 0 aliphatic carbocycles. The third-order valence-corrected chi connectivity index (χ3v) is 8.78. The summed E-state index contributed by atoms with van der Waals surface area (Å²) in [7, 11) is 0. The second kappa shape index (κ2) is 9.68. The van der Waals surface area contributed by atoms with Crippen molar-refractivity contribution >= 4 is 67.1 Å². The molecule has 0 bridgehead atoms. The number of fused-ring (bicyclic) bond motifs is 1.